The first-order valence-corrected chi connectivity index (χ1v) is 11.9. The van der Waals surface area contributed by atoms with Gasteiger partial charge in [-0.2, -0.15) is 0 Å². The number of hydrogen-bond acceptors (Lipinski definition) is 4. The summed E-state index contributed by atoms with van der Waals surface area (Å²) < 4.78 is 5.62. The molecule has 0 atom stereocenters. The number of carbonyl (C=O) groups excluding carboxylic acids is 2. The summed E-state index contributed by atoms with van der Waals surface area (Å²) in [5.41, 5.74) is 8.87. The number of aryl methyl sites for hydroxylation is 3. The fraction of sp³-hybridized carbons (Fsp3) is 0.194. The van der Waals surface area contributed by atoms with Crippen molar-refractivity contribution in [2.24, 2.45) is 0 Å². The molecule has 35 heavy (non-hydrogen) atoms. The topological polar surface area (TPSA) is 56.3 Å². The highest BCUT2D eigenvalue weighted by Crippen LogP contribution is 2.37. The molecule has 1 heterocycles. The molecule has 1 aliphatic carbocycles. The van der Waals surface area contributed by atoms with Crippen LogP contribution in [0.15, 0.2) is 66.7 Å². The molecule has 0 saturated heterocycles. The molecular formula is C31H27NO3. The van der Waals surface area contributed by atoms with Gasteiger partial charge in [-0.1, -0.05) is 54.6 Å². The van der Waals surface area contributed by atoms with Crippen LogP contribution in [0.1, 0.15) is 60.6 Å². The third kappa shape index (κ3) is 4.40. The Balaban J connectivity index is 1.49. The Hall–Kier alpha value is -4.05. The van der Waals surface area contributed by atoms with Gasteiger partial charge in [0, 0.05) is 10.9 Å². The minimum Gasteiger partial charge on any atom is -0.454 e. The molecule has 0 radical (unpaired) electrons. The molecule has 4 heteroatoms. The van der Waals surface area contributed by atoms with E-state index in [1.54, 1.807) is 0 Å². The van der Waals surface area contributed by atoms with Crippen LogP contribution in [0.2, 0.25) is 0 Å². The predicted octanol–water partition coefficient (Wildman–Crippen LogP) is 6.69. The summed E-state index contributed by atoms with van der Waals surface area (Å²) >= 11 is 0. The van der Waals surface area contributed by atoms with Crippen LogP contribution in [0.25, 0.3) is 22.6 Å². The van der Waals surface area contributed by atoms with Gasteiger partial charge < -0.3 is 4.74 Å². The Labute approximate surface area is 205 Å². The summed E-state index contributed by atoms with van der Waals surface area (Å²) in [5.74, 6) is -0.672. The second kappa shape index (κ2) is 9.30. The highest BCUT2D eigenvalue weighted by atomic mass is 16.5. The van der Waals surface area contributed by atoms with Gasteiger partial charge in [0.1, 0.15) is 0 Å². The Morgan fingerprint density at radius 2 is 1.60 bits per heavy atom. The molecule has 0 aliphatic heterocycles. The van der Waals surface area contributed by atoms with Crippen molar-refractivity contribution in [2.45, 2.75) is 33.6 Å². The molecule has 3 aromatic carbocycles. The summed E-state index contributed by atoms with van der Waals surface area (Å²) in [6, 6.07) is 21.6. The van der Waals surface area contributed by atoms with E-state index in [9.17, 15) is 9.59 Å². The lowest BCUT2D eigenvalue weighted by Gasteiger charge is -2.13. The SMILES string of the molecule is Cc1cc(C)c(C(=O)COC(=O)c2c3c(nc4ccccc24)C(=Cc2ccccc2)CC3)cc1C. The summed E-state index contributed by atoms with van der Waals surface area (Å²) in [7, 11) is 0. The van der Waals surface area contributed by atoms with Gasteiger partial charge in [0.2, 0.25) is 5.78 Å². The van der Waals surface area contributed by atoms with Crippen LogP contribution in [0, 0.1) is 20.8 Å². The van der Waals surface area contributed by atoms with E-state index in [0.29, 0.717) is 17.5 Å². The Morgan fingerprint density at radius 1 is 0.886 bits per heavy atom. The first-order valence-electron chi connectivity index (χ1n) is 11.9. The number of allylic oxidation sites excluding steroid dienone is 1. The monoisotopic (exact) mass is 461 g/mol. The second-order valence-corrected chi connectivity index (χ2v) is 9.16. The van der Waals surface area contributed by atoms with Crippen LogP contribution < -0.4 is 0 Å². The quantitative estimate of drug-likeness (QED) is 0.245. The fourth-order valence-electron chi connectivity index (χ4n) is 4.80. The van der Waals surface area contributed by atoms with E-state index in [0.717, 1.165) is 56.4 Å². The molecule has 0 amide bonds. The number of aromatic nitrogens is 1. The summed E-state index contributed by atoms with van der Waals surface area (Å²) in [4.78, 5) is 31.2. The number of ether oxygens (including phenoxy) is 1. The van der Waals surface area contributed by atoms with Crippen LogP contribution >= 0.6 is 0 Å². The van der Waals surface area contributed by atoms with Gasteiger partial charge in [-0.05, 0) is 85.2 Å². The average molecular weight is 462 g/mol. The molecule has 0 spiro atoms. The standard InChI is InChI=1S/C31H27NO3/c1-19-15-21(3)26(16-20(19)2)28(33)18-35-31(34)29-24-11-7-8-12-27(24)32-30-23(13-14-25(29)30)17-22-9-5-4-6-10-22/h4-12,15-17H,13-14,18H2,1-3H3. The van der Waals surface area contributed by atoms with Crippen molar-refractivity contribution in [3.8, 4) is 0 Å². The molecule has 0 fully saturated rings. The maximum atomic E-state index is 13.4. The zero-order valence-corrected chi connectivity index (χ0v) is 20.2. The lowest BCUT2D eigenvalue weighted by molar-refractivity contribution is 0.0475. The molecule has 1 aliphatic rings. The zero-order chi connectivity index (χ0) is 24.5. The normalized spacial score (nSPS) is 13.7. The maximum Gasteiger partial charge on any atom is 0.339 e. The van der Waals surface area contributed by atoms with Gasteiger partial charge in [-0.15, -0.1) is 0 Å². The molecule has 5 rings (SSSR count). The summed E-state index contributed by atoms with van der Waals surface area (Å²) in [5, 5.41) is 0.757. The number of pyridine rings is 1. The lowest BCUT2D eigenvalue weighted by Crippen LogP contribution is -2.17. The van der Waals surface area contributed by atoms with Gasteiger partial charge in [-0.25, -0.2) is 9.78 Å². The summed E-state index contributed by atoms with van der Waals surface area (Å²) in [6.07, 6.45) is 3.64. The molecule has 0 bridgehead atoms. The van der Waals surface area contributed by atoms with Gasteiger partial charge in [0.05, 0.1) is 16.8 Å². The first-order chi connectivity index (χ1) is 16.9. The van der Waals surface area contributed by atoms with Gasteiger partial charge >= 0.3 is 5.97 Å². The van der Waals surface area contributed by atoms with E-state index < -0.39 is 5.97 Å². The average Bonchev–Trinajstić information content (AvgIpc) is 3.25. The van der Waals surface area contributed by atoms with Crippen LogP contribution in [0.5, 0.6) is 0 Å². The van der Waals surface area contributed by atoms with Crippen molar-refractivity contribution >= 4 is 34.3 Å². The van der Waals surface area contributed by atoms with Crippen molar-refractivity contribution in [1.82, 2.24) is 4.98 Å². The number of fused-ring (bicyclic) bond motifs is 2. The number of benzene rings is 3. The van der Waals surface area contributed by atoms with E-state index in [1.165, 1.54) is 0 Å². The van der Waals surface area contributed by atoms with Gasteiger partial charge in [0.15, 0.2) is 6.61 Å². The van der Waals surface area contributed by atoms with E-state index in [4.69, 9.17) is 9.72 Å². The highest BCUT2D eigenvalue weighted by molar-refractivity contribution is 6.08. The van der Waals surface area contributed by atoms with E-state index in [-0.39, 0.29) is 12.4 Å². The van der Waals surface area contributed by atoms with Crippen molar-refractivity contribution in [2.75, 3.05) is 6.61 Å². The number of Topliss-reactive ketones (excluding diaryl/α,β-unsaturated/α-hetero) is 1. The van der Waals surface area contributed by atoms with Crippen LogP contribution in [0.3, 0.4) is 0 Å². The van der Waals surface area contributed by atoms with Gasteiger partial charge in [0.25, 0.3) is 0 Å². The maximum absolute atomic E-state index is 13.4. The van der Waals surface area contributed by atoms with Crippen molar-refractivity contribution < 1.29 is 14.3 Å². The molecule has 0 unspecified atom stereocenters. The summed E-state index contributed by atoms with van der Waals surface area (Å²) in [6.45, 7) is 5.61. The van der Waals surface area contributed by atoms with Gasteiger partial charge in [-0.3, -0.25) is 4.79 Å². The number of esters is 1. The predicted molar refractivity (Wildman–Crippen MR) is 140 cm³/mol. The Morgan fingerprint density at radius 3 is 2.40 bits per heavy atom. The minimum atomic E-state index is -0.476. The van der Waals surface area contributed by atoms with Crippen LogP contribution in [0.4, 0.5) is 0 Å². The third-order valence-corrected chi connectivity index (χ3v) is 6.76. The molecule has 4 aromatic rings. The Bertz CT molecular complexity index is 1500. The number of rotatable bonds is 5. The van der Waals surface area contributed by atoms with Crippen molar-refractivity contribution in [3.05, 3.63) is 111 Å². The number of ketones is 1. The zero-order valence-electron chi connectivity index (χ0n) is 20.2. The number of para-hydroxylation sites is 1. The van der Waals surface area contributed by atoms with Crippen LogP contribution in [-0.2, 0) is 11.2 Å². The molecule has 174 valence electrons. The smallest absolute Gasteiger partial charge is 0.339 e. The molecular weight excluding hydrogens is 434 g/mol. The molecule has 1 aromatic heterocycles. The largest absolute Gasteiger partial charge is 0.454 e. The third-order valence-electron chi connectivity index (χ3n) is 6.76. The molecule has 0 N–H and O–H groups in total. The first kappa shape index (κ1) is 22.7. The lowest BCUT2D eigenvalue weighted by atomic mass is 9.98. The number of nitrogens with zero attached hydrogens (tertiary/aromatic N) is 1. The van der Waals surface area contributed by atoms with Crippen molar-refractivity contribution in [3.63, 3.8) is 0 Å². The fourth-order valence-corrected chi connectivity index (χ4v) is 4.80. The van der Waals surface area contributed by atoms with Crippen molar-refractivity contribution in [1.29, 1.82) is 0 Å². The number of carbonyl (C=O) groups is 2. The Kier molecular flexibility index (Phi) is 6.04. The number of hydrogen-bond donors (Lipinski definition) is 0. The van der Waals surface area contributed by atoms with Crippen LogP contribution in [-0.4, -0.2) is 23.3 Å². The second-order valence-electron chi connectivity index (χ2n) is 9.16. The van der Waals surface area contributed by atoms with E-state index in [2.05, 4.69) is 18.2 Å². The molecule has 0 saturated carbocycles. The van der Waals surface area contributed by atoms with E-state index in [1.807, 2.05) is 75.4 Å². The minimum absolute atomic E-state index is 0.196. The van der Waals surface area contributed by atoms with E-state index >= 15 is 0 Å². The highest BCUT2D eigenvalue weighted by Gasteiger charge is 2.28. The molecule has 4 nitrogen and oxygen atoms in total.